The Bertz CT molecular complexity index is 465. The van der Waals surface area contributed by atoms with Crippen molar-refractivity contribution in [2.75, 3.05) is 6.61 Å². The Morgan fingerprint density at radius 3 is 2.67 bits per heavy atom. The maximum Gasteiger partial charge on any atom is 0.338 e. The number of ether oxygens (including phenoxy) is 2. The molecule has 1 aromatic rings. The highest BCUT2D eigenvalue weighted by Gasteiger charge is 2.41. The molecule has 1 aliphatic rings. The minimum Gasteiger partial charge on any atom is -0.459 e. The van der Waals surface area contributed by atoms with Gasteiger partial charge in [-0.2, -0.15) is 0 Å². The van der Waals surface area contributed by atoms with Gasteiger partial charge in [0.25, 0.3) is 0 Å². The highest BCUT2D eigenvalue weighted by Crippen LogP contribution is 2.27. The molecule has 1 aromatic carbocycles. The quantitative estimate of drug-likeness (QED) is 0.819. The first-order chi connectivity index (χ1) is 10.0. The third kappa shape index (κ3) is 3.61. The van der Waals surface area contributed by atoms with E-state index in [2.05, 4.69) is 0 Å². The number of nitrogens with two attached hydrogens (primary N) is 1. The summed E-state index contributed by atoms with van der Waals surface area (Å²) < 4.78 is 10.9. The van der Waals surface area contributed by atoms with Crippen molar-refractivity contribution in [1.82, 2.24) is 0 Å². The van der Waals surface area contributed by atoms with E-state index in [1.807, 2.05) is 19.9 Å². The van der Waals surface area contributed by atoms with Gasteiger partial charge >= 0.3 is 5.97 Å². The highest BCUT2D eigenvalue weighted by atomic mass is 16.6. The summed E-state index contributed by atoms with van der Waals surface area (Å²) in [5.74, 6) is -0.462. The lowest BCUT2D eigenvalue weighted by Crippen LogP contribution is -2.57. The molecule has 1 fully saturated rings. The Kier molecular flexibility index (Phi) is 5.33. The third-order valence-corrected chi connectivity index (χ3v) is 4.11. The second-order valence-corrected chi connectivity index (χ2v) is 5.48. The van der Waals surface area contributed by atoms with Crippen LogP contribution >= 0.6 is 0 Å². The smallest absolute Gasteiger partial charge is 0.338 e. The summed E-state index contributed by atoms with van der Waals surface area (Å²) in [6.07, 6.45) is -0.653. The standard InChI is InChI=1S/C16H23NO4/c1-3-12-14(17)10(2)21-13(15(12)18)9-20-16(19)11-7-5-4-6-8-11/h4-8,10,12-15,18H,3,9,17H2,1-2H3. The molecule has 0 amide bonds. The Balaban J connectivity index is 1.95. The Morgan fingerprint density at radius 2 is 2.05 bits per heavy atom. The average Bonchev–Trinajstić information content (AvgIpc) is 2.51. The van der Waals surface area contributed by atoms with Crippen LogP contribution in [-0.4, -0.2) is 42.0 Å². The fourth-order valence-corrected chi connectivity index (χ4v) is 2.77. The van der Waals surface area contributed by atoms with E-state index in [1.165, 1.54) is 0 Å². The van der Waals surface area contributed by atoms with Gasteiger partial charge in [0.2, 0.25) is 0 Å². The molecule has 2 rings (SSSR count). The summed E-state index contributed by atoms with van der Waals surface area (Å²) in [4.78, 5) is 11.9. The molecule has 1 aliphatic heterocycles. The van der Waals surface area contributed by atoms with Crippen molar-refractivity contribution in [1.29, 1.82) is 0 Å². The van der Waals surface area contributed by atoms with Gasteiger partial charge < -0.3 is 20.3 Å². The normalized spacial score (nSPS) is 32.7. The molecule has 0 aromatic heterocycles. The predicted molar refractivity (Wildman–Crippen MR) is 78.8 cm³/mol. The lowest BCUT2D eigenvalue weighted by molar-refractivity contribution is -0.163. The molecule has 1 saturated heterocycles. The fourth-order valence-electron chi connectivity index (χ4n) is 2.77. The summed E-state index contributed by atoms with van der Waals surface area (Å²) in [7, 11) is 0. The van der Waals surface area contributed by atoms with Gasteiger partial charge in [-0.3, -0.25) is 0 Å². The van der Waals surface area contributed by atoms with Crippen LogP contribution in [0, 0.1) is 5.92 Å². The minimum absolute atomic E-state index is 0.0302. The van der Waals surface area contributed by atoms with Crippen LogP contribution in [0.2, 0.25) is 0 Å². The molecule has 3 N–H and O–H groups in total. The van der Waals surface area contributed by atoms with Crippen molar-refractivity contribution in [3.8, 4) is 0 Å². The highest BCUT2D eigenvalue weighted by molar-refractivity contribution is 5.89. The van der Waals surface area contributed by atoms with E-state index in [4.69, 9.17) is 15.2 Å². The Labute approximate surface area is 125 Å². The SMILES string of the molecule is CCC1C(N)C(C)OC(COC(=O)c2ccccc2)C1O. The minimum atomic E-state index is -0.718. The zero-order chi connectivity index (χ0) is 15.4. The van der Waals surface area contributed by atoms with E-state index < -0.39 is 18.2 Å². The average molecular weight is 293 g/mol. The summed E-state index contributed by atoms with van der Waals surface area (Å²) in [5.41, 5.74) is 6.53. The number of rotatable bonds is 4. The van der Waals surface area contributed by atoms with E-state index in [0.29, 0.717) is 5.56 Å². The predicted octanol–water partition coefficient (Wildman–Crippen LogP) is 1.35. The first kappa shape index (κ1) is 15.9. The molecule has 0 radical (unpaired) electrons. The van der Waals surface area contributed by atoms with Gasteiger partial charge in [-0.1, -0.05) is 25.1 Å². The van der Waals surface area contributed by atoms with Gasteiger partial charge in [-0.25, -0.2) is 4.79 Å². The van der Waals surface area contributed by atoms with Crippen molar-refractivity contribution >= 4 is 5.97 Å². The lowest BCUT2D eigenvalue weighted by Gasteiger charge is -2.42. The van der Waals surface area contributed by atoms with E-state index in [1.54, 1.807) is 24.3 Å². The maximum atomic E-state index is 11.9. The molecule has 116 valence electrons. The third-order valence-electron chi connectivity index (χ3n) is 4.11. The molecule has 0 saturated carbocycles. The fraction of sp³-hybridized carbons (Fsp3) is 0.562. The summed E-state index contributed by atoms with van der Waals surface area (Å²) in [6, 6.07) is 8.56. The molecular weight excluding hydrogens is 270 g/mol. The molecule has 21 heavy (non-hydrogen) atoms. The van der Waals surface area contributed by atoms with Gasteiger partial charge in [-0.15, -0.1) is 0 Å². The number of esters is 1. The molecule has 0 aliphatic carbocycles. The topological polar surface area (TPSA) is 81.8 Å². The van der Waals surface area contributed by atoms with E-state index in [9.17, 15) is 9.90 Å². The van der Waals surface area contributed by atoms with E-state index in [0.717, 1.165) is 6.42 Å². The monoisotopic (exact) mass is 293 g/mol. The van der Waals surface area contributed by atoms with Crippen LogP contribution in [0.15, 0.2) is 30.3 Å². The zero-order valence-electron chi connectivity index (χ0n) is 12.4. The maximum absolute atomic E-state index is 11.9. The number of hydrogen-bond donors (Lipinski definition) is 2. The molecule has 0 bridgehead atoms. The van der Waals surface area contributed by atoms with Crippen molar-refractivity contribution in [2.45, 2.75) is 44.6 Å². The van der Waals surface area contributed by atoms with Crippen LogP contribution in [0.1, 0.15) is 30.6 Å². The molecule has 5 nitrogen and oxygen atoms in total. The first-order valence-corrected chi connectivity index (χ1v) is 7.35. The largest absolute Gasteiger partial charge is 0.459 e. The zero-order valence-corrected chi connectivity index (χ0v) is 12.4. The van der Waals surface area contributed by atoms with Crippen molar-refractivity contribution < 1.29 is 19.4 Å². The molecule has 5 heteroatoms. The number of aliphatic hydroxyl groups excluding tert-OH is 1. The van der Waals surface area contributed by atoms with Gasteiger partial charge in [0.05, 0.1) is 17.8 Å². The van der Waals surface area contributed by atoms with E-state index in [-0.39, 0.29) is 24.7 Å². The number of aliphatic hydroxyl groups is 1. The van der Waals surface area contributed by atoms with Crippen molar-refractivity contribution in [3.05, 3.63) is 35.9 Å². The summed E-state index contributed by atoms with van der Waals surface area (Å²) in [5, 5.41) is 10.3. The molecule has 1 heterocycles. The number of carbonyl (C=O) groups is 1. The van der Waals surface area contributed by atoms with Gasteiger partial charge in [0.1, 0.15) is 12.7 Å². The van der Waals surface area contributed by atoms with Crippen molar-refractivity contribution in [3.63, 3.8) is 0 Å². The van der Waals surface area contributed by atoms with Gasteiger partial charge in [-0.05, 0) is 25.5 Å². The summed E-state index contributed by atoms with van der Waals surface area (Å²) >= 11 is 0. The molecule has 0 spiro atoms. The van der Waals surface area contributed by atoms with Crippen LogP contribution in [0.25, 0.3) is 0 Å². The van der Waals surface area contributed by atoms with Crippen LogP contribution in [-0.2, 0) is 9.47 Å². The Morgan fingerprint density at radius 1 is 1.38 bits per heavy atom. The van der Waals surface area contributed by atoms with E-state index >= 15 is 0 Å². The molecular formula is C16H23NO4. The van der Waals surface area contributed by atoms with Gasteiger partial charge in [0, 0.05) is 12.0 Å². The van der Waals surface area contributed by atoms with Crippen molar-refractivity contribution in [2.24, 2.45) is 11.7 Å². The summed E-state index contributed by atoms with van der Waals surface area (Å²) in [6.45, 7) is 3.90. The first-order valence-electron chi connectivity index (χ1n) is 7.35. The second kappa shape index (κ2) is 7.02. The molecule has 5 unspecified atom stereocenters. The van der Waals surface area contributed by atoms with Crippen LogP contribution < -0.4 is 5.73 Å². The lowest BCUT2D eigenvalue weighted by atomic mass is 9.83. The number of carbonyl (C=O) groups excluding carboxylic acids is 1. The van der Waals surface area contributed by atoms with Crippen LogP contribution in [0.4, 0.5) is 0 Å². The Hall–Kier alpha value is -1.43. The van der Waals surface area contributed by atoms with Crippen LogP contribution in [0.3, 0.4) is 0 Å². The number of benzene rings is 1. The molecule has 5 atom stereocenters. The second-order valence-electron chi connectivity index (χ2n) is 5.48. The van der Waals surface area contributed by atoms with Crippen LogP contribution in [0.5, 0.6) is 0 Å². The number of hydrogen-bond acceptors (Lipinski definition) is 5. The van der Waals surface area contributed by atoms with Gasteiger partial charge in [0.15, 0.2) is 0 Å².